The van der Waals surface area contributed by atoms with Gasteiger partial charge in [-0.1, -0.05) is 37.8 Å². The number of phenolic OH excluding ortho intramolecular Hbond substituents is 1. The first-order chi connectivity index (χ1) is 19.8. The van der Waals surface area contributed by atoms with E-state index in [1.165, 1.54) is 29.0 Å². The van der Waals surface area contributed by atoms with Crippen molar-refractivity contribution >= 4 is 22.5 Å². The molecule has 0 bridgehead atoms. The molecule has 4 atom stereocenters. The second-order valence-corrected chi connectivity index (χ2v) is 12.1. The number of anilines is 1. The second-order valence-electron chi connectivity index (χ2n) is 12.1. The summed E-state index contributed by atoms with van der Waals surface area (Å²) >= 11 is 0. The van der Waals surface area contributed by atoms with Crippen LogP contribution in [0, 0.1) is 5.92 Å². The molecule has 216 valence electrons. The van der Waals surface area contributed by atoms with Crippen LogP contribution in [0.4, 0.5) is 5.82 Å². The van der Waals surface area contributed by atoms with Crippen molar-refractivity contribution in [3.05, 3.63) is 65.9 Å². The van der Waals surface area contributed by atoms with E-state index in [1.54, 1.807) is 0 Å². The molecule has 3 aromatic rings. The maximum Gasteiger partial charge on any atom is 0.318 e. The maximum absolute atomic E-state index is 12.3. The minimum atomic E-state index is -0.0271. The topological polar surface area (TPSA) is 82.0 Å². The molecule has 41 heavy (non-hydrogen) atoms. The lowest BCUT2D eigenvalue weighted by Crippen LogP contribution is -2.54. The van der Waals surface area contributed by atoms with Gasteiger partial charge in [-0.3, -0.25) is 4.79 Å². The van der Waals surface area contributed by atoms with E-state index < -0.39 is 0 Å². The number of amides is 1. The Balaban J connectivity index is 1.36. The third kappa shape index (κ3) is 5.37. The molecule has 1 aromatic heterocycles. The molecule has 1 amide bonds. The highest BCUT2D eigenvalue weighted by Crippen LogP contribution is 2.43. The number of phenols is 1. The van der Waals surface area contributed by atoms with Gasteiger partial charge in [0.15, 0.2) is 0 Å². The Kier molecular flexibility index (Phi) is 7.60. The molecule has 2 aromatic carbocycles. The lowest BCUT2D eigenvalue weighted by molar-refractivity contribution is -0.126. The number of benzene rings is 2. The number of hydrogen-bond donors (Lipinski definition) is 1. The van der Waals surface area contributed by atoms with Gasteiger partial charge in [0.2, 0.25) is 5.91 Å². The van der Waals surface area contributed by atoms with E-state index in [-0.39, 0.29) is 17.9 Å². The summed E-state index contributed by atoms with van der Waals surface area (Å²) in [6.07, 6.45) is 5.29. The zero-order chi connectivity index (χ0) is 28.7. The van der Waals surface area contributed by atoms with Crippen LogP contribution in [0.15, 0.2) is 49.1 Å². The monoisotopic (exact) mass is 555 g/mol. The number of nitrogens with zero attached hydrogens (tertiary/aromatic N) is 5. The largest absolute Gasteiger partial charge is 0.508 e. The average Bonchev–Trinajstić information content (AvgIpc) is 3.39. The van der Waals surface area contributed by atoms with Crippen LogP contribution in [0.3, 0.4) is 0 Å². The minimum Gasteiger partial charge on any atom is -0.508 e. The summed E-state index contributed by atoms with van der Waals surface area (Å²) in [7, 11) is 2.15. The van der Waals surface area contributed by atoms with E-state index in [1.807, 2.05) is 23.1 Å². The quantitative estimate of drug-likeness (QED) is 0.447. The Labute approximate surface area is 242 Å². The Bertz CT molecular complexity index is 1460. The summed E-state index contributed by atoms with van der Waals surface area (Å²) in [5.74, 6) is 1.74. The molecule has 0 unspecified atom stereocenters. The molecule has 1 aliphatic carbocycles. The summed E-state index contributed by atoms with van der Waals surface area (Å²) in [4.78, 5) is 28.9. The number of rotatable bonds is 6. The first-order valence-electron chi connectivity index (χ1n) is 14.9. The number of likely N-dealkylation sites (tertiary alicyclic amines) is 1. The van der Waals surface area contributed by atoms with Crippen LogP contribution in [0.25, 0.3) is 10.8 Å². The van der Waals surface area contributed by atoms with Crippen LogP contribution in [0.5, 0.6) is 11.8 Å². The van der Waals surface area contributed by atoms with Crippen molar-refractivity contribution in [2.24, 2.45) is 5.92 Å². The molecule has 0 spiro atoms. The van der Waals surface area contributed by atoms with Gasteiger partial charge in [-0.05, 0) is 92.6 Å². The molecule has 1 N–H and O–H groups in total. The standard InChI is InChI=1S/C33H41N5O3/c1-5-31(40)37-13-14-38(22(3)19-37)32-29-15-21(2)27(28-17-25(39)16-23-9-6-7-11-26(23)28)18-30(29)34-33(35-32)41-20-24-10-8-12-36(24)4/h5-7,9,11,16-17,21-22,24,27,39H,1,8,10,12-15,18-20H2,2-4H3/t21-,22-,24-,27-/m0/s1. The van der Waals surface area contributed by atoms with Gasteiger partial charge in [0, 0.05) is 37.3 Å². The number of aromatic hydroxyl groups is 1. The van der Waals surface area contributed by atoms with E-state index in [2.05, 4.69) is 55.5 Å². The molecule has 2 fully saturated rings. The zero-order valence-corrected chi connectivity index (χ0v) is 24.4. The van der Waals surface area contributed by atoms with Gasteiger partial charge < -0.3 is 24.5 Å². The number of piperazine rings is 1. The Morgan fingerprint density at radius 3 is 2.73 bits per heavy atom. The van der Waals surface area contributed by atoms with Gasteiger partial charge in [-0.2, -0.15) is 9.97 Å². The predicted octanol–water partition coefficient (Wildman–Crippen LogP) is 4.55. The summed E-state index contributed by atoms with van der Waals surface area (Å²) in [6.45, 7) is 11.7. The summed E-state index contributed by atoms with van der Waals surface area (Å²) in [5.41, 5.74) is 3.37. The first kappa shape index (κ1) is 27.5. The Hall–Kier alpha value is -3.65. The van der Waals surface area contributed by atoms with Crippen LogP contribution in [-0.4, -0.2) is 82.7 Å². The summed E-state index contributed by atoms with van der Waals surface area (Å²) < 4.78 is 6.32. The van der Waals surface area contributed by atoms with Crippen molar-refractivity contribution in [3.63, 3.8) is 0 Å². The highest BCUT2D eigenvalue weighted by Gasteiger charge is 2.36. The van der Waals surface area contributed by atoms with Gasteiger partial charge in [0.25, 0.3) is 0 Å². The van der Waals surface area contributed by atoms with Crippen molar-refractivity contribution in [2.75, 3.05) is 44.7 Å². The van der Waals surface area contributed by atoms with Crippen LogP contribution in [-0.2, 0) is 17.6 Å². The van der Waals surface area contributed by atoms with E-state index in [4.69, 9.17) is 14.7 Å². The van der Waals surface area contributed by atoms with E-state index in [9.17, 15) is 9.90 Å². The number of fused-ring (bicyclic) bond motifs is 2. The van der Waals surface area contributed by atoms with Crippen LogP contribution in [0.2, 0.25) is 0 Å². The lowest BCUT2D eigenvalue weighted by Gasteiger charge is -2.42. The number of ether oxygens (including phenoxy) is 1. The normalized spacial score (nSPS) is 24.9. The van der Waals surface area contributed by atoms with Crippen LogP contribution < -0.4 is 9.64 Å². The van der Waals surface area contributed by atoms with Gasteiger partial charge in [0.05, 0.1) is 5.69 Å². The van der Waals surface area contributed by atoms with Crippen LogP contribution >= 0.6 is 0 Å². The zero-order valence-electron chi connectivity index (χ0n) is 24.4. The highest BCUT2D eigenvalue weighted by atomic mass is 16.5. The molecule has 3 heterocycles. The molecule has 2 aliphatic heterocycles. The van der Waals surface area contributed by atoms with Crippen LogP contribution in [0.1, 0.15) is 49.4 Å². The molecule has 3 aliphatic rings. The highest BCUT2D eigenvalue weighted by molar-refractivity contribution is 5.88. The van der Waals surface area contributed by atoms with Gasteiger partial charge in [0.1, 0.15) is 18.2 Å². The van der Waals surface area contributed by atoms with E-state index in [0.29, 0.717) is 50.0 Å². The molecule has 0 radical (unpaired) electrons. The number of likely N-dealkylation sites (N-methyl/N-ethyl adjacent to an activating group) is 1. The average molecular weight is 556 g/mol. The molecule has 8 heteroatoms. The predicted molar refractivity (Wildman–Crippen MR) is 162 cm³/mol. The SMILES string of the molecule is C=CC(=O)N1CCN(c2nc(OC[C@@H]3CCCN3C)nc3c2C[C@H](C)[C@@H](c2cc(O)cc4ccccc24)C3)[C@@H](C)C1. The van der Waals surface area contributed by atoms with Crippen molar-refractivity contribution in [2.45, 2.75) is 57.5 Å². The Morgan fingerprint density at radius 1 is 1.15 bits per heavy atom. The molecule has 6 rings (SSSR count). The molecular formula is C33H41N5O3. The molecule has 0 saturated carbocycles. The van der Waals surface area contributed by atoms with Crippen molar-refractivity contribution < 1.29 is 14.6 Å². The number of aromatic nitrogens is 2. The minimum absolute atomic E-state index is 0.0271. The smallest absolute Gasteiger partial charge is 0.318 e. The van der Waals surface area contributed by atoms with E-state index >= 15 is 0 Å². The first-order valence-corrected chi connectivity index (χ1v) is 14.9. The Morgan fingerprint density at radius 2 is 1.98 bits per heavy atom. The molecule has 8 nitrogen and oxygen atoms in total. The van der Waals surface area contributed by atoms with Crippen molar-refractivity contribution in [1.29, 1.82) is 0 Å². The molecular weight excluding hydrogens is 514 g/mol. The van der Waals surface area contributed by atoms with Crippen molar-refractivity contribution in [3.8, 4) is 11.8 Å². The van der Waals surface area contributed by atoms with Gasteiger partial charge >= 0.3 is 6.01 Å². The van der Waals surface area contributed by atoms with Gasteiger partial charge in [-0.15, -0.1) is 0 Å². The fourth-order valence-electron chi connectivity index (χ4n) is 7.06. The van der Waals surface area contributed by atoms with E-state index in [0.717, 1.165) is 42.7 Å². The number of hydrogen-bond acceptors (Lipinski definition) is 7. The third-order valence-electron chi connectivity index (χ3n) is 9.42. The van der Waals surface area contributed by atoms with Gasteiger partial charge in [-0.25, -0.2) is 0 Å². The molecule has 2 saturated heterocycles. The third-order valence-corrected chi connectivity index (χ3v) is 9.42. The maximum atomic E-state index is 12.3. The number of carbonyl (C=O) groups is 1. The van der Waals surface area contributed by atoms with Crippen molar-refractivity contribution in [1.82, 2.24) is 19.8 Å². The summed E-state index contributed by atoms with van der Waals surface area (Å²) in [6, 6.07) is 13.0. The fourth-order valence-corrected chi connectivity index (χ4v) is 7.06. The lowest BCUT2D eigenvalue weighted by atomic mass is 9.74. The number of carbonyl (C=O) groups excluding carboxylic acids is 1. The fraction of sp³-hybridized carbons (Fsp3) is 0.485. The second kappa shape index (κ2) is 11.3. The summed E-state index contributed by atoms with van der Waals surface area (Å²) in [5, 5.41) is 12.8.